The first-order chi connectivity index (χ1) is 16.8. The lowest BCUT2D eigenvalue weighted by atomic mass is 9.75. The molecule has 2 fully saturated rings. The zero-order valence-electron chi connectivity index (χ0n) is 22.2. The lowest BCUT2D eigenvalue weighted by Crippen LogP contribution is -2.17. The average Bonchev–Trinajstić information content (AvgIpc) is 2.88. The van der Waals surface area contributed by atoms with Gasteiger partial charge in [0.05, 0.1) is 6.61 Å². The summed E-state index contributed by atoms with van der Waals surface area (Å²) in [5.74, 6) is 11.3. The minimum absolute atomic E-state index is 0.735. The summed E-state index contributed by atoms with van der Waals surface area (Å²) in [5, 5.41) is 0. The number of hydrogen-bond donors (Lipinski definition) is 0. The molecule has 34 heavy (non-hydrogen) atoms. The van der Waals surface area contributed by atoms with Crippen LogP contribution in [0.3, 0.4) is 0 Å². The summed E-state index contributed by atoms with van der Waals surface area (Å²) in [6.07, 6.45) is 27.1. The standard InChI is InChI=1S/C33H50O/c1-3-5-7-10-28-13-17-31(18-14-28)21-22-32-19-15-29(16-20-32)11-8-9-12-30-23-25-33(26-24-30)34-27-6-4-2/h8,11,23-26,28-29,31-32H,3-7,10,13-22,27H2,1-2H3/b11-8+/t28-,29?,31-,32?. The predicted molar refractivity (Wildman–Crippen MR) is 147 cm³/mol. The summed E-state index contributed by atoms with van der Waals surface area (Å²) in [7, 11) is 0. The van der Waals surface area contributed by atoms with E-state index < -0.39 is 0 Å². The minimum Gasteiger partial charge on any atom is -0.494 e. The third-order valence-corrected chi connectivity index (χ3v) is 8.35. The van der Waals surface area contributed by atoms with Crippen LogP contribution >= 0.6 is 0 Å². The van der Waals surface area contributed by atoms with E-state index in [2.05, 4.69) is 50.0 Å². The molecular formula is C33H50O. The van der Waals surface area contributed by atoms with Crippen LogP contribution in [0.2, 0.25) is 0 Å². The molecule has 3 rings (SSSR count). The van der Waals surface area contributed by atoms with Gasteiger partial charge in [0.15, 0.2) is 0 Å². The molecule has 1 heteroatoms. The van der Waals surface area contributed by atoms with Crippen LogP contribution < -0.4 is 4.74 Å². The average molecular weight is 463 g/mol. The van der Waals surface area contributed by atoms with Gasteiger partial charge in [0.25, 0.3) is 0 Å². The Morgan fingerprint density at radius 2 is 1.32 bits per heavy atom. The van der Waals surface area contributed by atoms with E-state index in [-0.39, 0.29) is 0 Å². The normalized spacial score (nSPS) is 25.1. The van der Waals surface area contributed by atoms with Gasteiger partial charge in [0.2, 0.25) is 0 Å². The van der Waals surface area contributed by atoms with Crippen LogP contribution in [0.1, 0.15) is 122 Å². The minimum atomic E-state index is 0.735. The summed E-state index contributed by atoms with van der Waals surface area (Å²) < 4.78 is 5.72. The Morgan fingerprint density at radius 1 is 0.735 bits per heavy atom. The third-order valence-electron chi connectivity index (χ3n) is 8.35. The van der Waals surface area contributed by atoms with Crippen LogP contribution in [0, 0.1) is 35.5 Å². The maximum absolute atomic E-state index is 5.72. The van der Waals surface area contributed by atoms with E-state index in [9.17, 15) is 0 Å². The fourth-order valence-electron chi connectivity index (χ4n) is 5.91. The second-order valence-corrected chi connectivity index (χ2v) is 11.1. The van der Waals surface area contributed by atoms with E-state index in [0.717, 1.165) is 54.4 Å². The Labute approximate surface area is 211 Å². The summed E-state index contributed by atoms with van der Waals surface area (Å²) in [6, 6.07) is 8.19. The molecule has 0 heterocycles. The third kappa shape index (κ3) is 10.3. The first-order valence-electron chi connectivity index (χ1n) is 14.7. The number of rotatable bonds is 12. The Bertz CT molecular complexity index is 733. The molecule has 2 saturated carbocycles. The van der Waals surface area contributed by atoms with Crippen LogP contribution in [-0.2, 0) is 0 Å². The van der Waals surface area contributed by atoms with E-state index in [4.69, 9.17) is 4.74 Å². The van der Waals surface area contributed by atoms with E-state index in [0.29, 0.717) is 0 Å². The Kier molecular flexibility index (Phi) is 12.7. The van der Waals surface area contributed by atoms with E-state index in [1.807, 2.05) is 12.1 Å². The molecule has 0 radical (unpaired) electrons. The number of hydrogen-bond acceptors (Lipinski definition) is 1. The molecule has 0 aromatic heterocycles. The van der Waals surface area contributed by atoms with Gasteiger partial charge < -0.3 is 4.74 Å². The van der Waals surface area contributed by atoms with Crippen molar-refractivity contribution in [3.8, 4) is 17.6 Å². The summed E-state index contributed by atoms with van der Waals surface area (Å²) >= 11 is 0. The van der Waals surface area contributed by atoms with Crippen LogP contribution in [0.4, 0.5) is 0 Å². The predicted octanol–water partition coefficient (Wildman–Crippen LogP) is 9.75. The number of allylic oxidation sites excluding steroid dienone is 2. The molecule has 1 aromatic rings. The van der Waals surface area contributed by atoms with Gasteiger partial charge in [-0.05, 0) is 86.1 Å². The highest BCUT2D eigenvalue weighted by molar-refractivity contribution is 5.40. The fourth-order valence-corrected chi connectivity index (χ4v) is 5.91. The maximum atomic E-state index is 5.72. The second-order valence-electron chi connectivity index (χ2n) is 11.1. The summed E-state index contributed by atoms with van der Waals surface area (Å²) in [6.45, 7) is 5.30. The van der Waals surface area contributed by atoms with Gasteiger partial charge in [-0.2, -0.15) is 0 Å². The van der Waals surface area contributed by atoms with Gasteiger partial charge in [0.1, 0.15) is 5.75 Å². The number of unbranched alkanes of at least 4 members (excludes halogenated alkanes) is 3. The molecule has 2 aliphatic rings. The zero-order chi connectivity index (χ0) is 23.8. The lowest BCUT2D eigenvalue weighted by Gasteiger charge is -2.31. The molecule has 1 aromatic carbocycles. The summed E-state index contributed by atoms with van der Waals surface area (Å²) in [4.78, 5) is 0. The molecule has 1 nitrogen and oxygen atoms in total. The van der Waals surface area contributed by atoms with Gasteiger partial charge >= 0.3 is 0 Å². The summed E-state index contributed by atoms with van der Waals surface area (Å²) in [5.41, 5.74) is 1.06. The van der Waals surface area contributed by atoms with Crippen LogP contribution in [-0.4, -0.2) is 6.61 Å². The molecule has 188 valence electrons. The van der Waals surface area contributed by atoms with Crippen molar-refractivity contribution >= 4 is 0 Å². The SMILES string of the molecule is CCCCC[C@H]1CC[C@H](CCC2CCC(/C=C/C#Cc3ccc(OCCCC)cc3)CC2)CC1. The first-order valence-corrected chi connectivity index (χ1v) is 14.7. The molecule has 0 unspecified atom stereocenters. The van der Waals surface area contributed by atoms with Crippen molar-refractivity contribution in [3.05, 3.63) is 42.0 Å². The van der Waals surface area contributed by atoms with Crippen molar-refractivity contribution in [1.82, 2.24) is 0 Å². The molecule has 0 aliphatic heterocycles. The van der Waals surface area contributed by atoms with Crippen molar-refractivity contribution in [2.45, 2.75) is 117 Å². The van der Waals surface area contributed by atoms with E-state index in [1.165, 1.54) is 89.9 Å². The molecule has 2 aliphatic carbocycles. The number of ether oxygens (including phenoxy) is 1. The van der Waals surface area contributed by atoms with Crippen molar-refractivity contribution in [2.75, 3.05) is 6.61 Å². The highest BCUT2D eigenvalue weighted by Crippen LogP contribution is 2.38. The maximum Gasteiger partial charge on any atom is 0.119 e. The molecule has 0 N–H and O–H groups in total. The van der Waals surface area contributed by atoms with Crippen LogP contribution in [0.25, 0.3) is 0 Å². The molecular weight excluding hydrogens is 412 g/mol. The van der Waals surface area contributed by atoms with Crippen molar-refractivity contribution in [3.63, 3.8) is 0 Å². The second kappa shape index (κ2) is 16.1. The molecule has 0 atom stereocenters. The van der Waals surface area contributed by atoms with Gasteiger partial charge in [-0.15, -0.1) is 0 Å². The zero-order valence-corrected chi connectivity index (χ0v) is 22.2. The van der Waals surface area contributed by atoms with Gasteiger partial charge in [0, 0.05) is 5.56 Å². The van der Waals surface area contributed by atoms with E-state index in [1.54, 1.807) is 0 Å². The van der Waals surface area contributed by atoms with Crippen molar-refractivity contribution in [2.24, 2.45) is 23.7 Å². The van der Waals surface area contributed by atoms with Crippen molar-refractivity contribution in [1.29, 1.82) is 0 Å². The quantitative estimate of drug-likeness (QED) is 0.222. The van der Waals surface area contributed by atoms with Gasteiger partial charge in [-0.25, -0.2) is 0 Å². The van der Waals surface area contributed by atoms with Gasteiger partial charge in [-0.3, -0.25) is 0 Å². The fraction of sp³-hybridized carbons (Fsp3) is 0.697. The Morgan fingerprint density at radius 3 is 1.94 bits per heavy atom. The van der Waals surface area contributed by atoms with Crippen LogP contribution in [0.5, 0.6) is 5.75 Å². The van der Waals surface area contributed by atoms with Crippen LogP contribution in [0.15, 0.2) is 36.4 Å². The Hall–Kier alpha value is -1.68. The topological polar surface area (TPSA) is 9.23 Å². The molecule has 0 saturated heterocycles. The highest BCUT2D eigenvalue weighted by atomic mass is 16.5. The molecule has 0 spiro atoms. The highest BCUT2D eigenvalue weighted by Gasteiger charge is 2.24. The monoisotopic (exact) mass is 462 g/mol. The van der Waals surface area contributed by atoms with Crippen molar-refractivity contribution < 1.29 is 4.74 Å². The van der Waals surface area contributed by atoms with E-state index >= 15 is 0 Å². The number of benzene rings is 1. The largest absolute Gasteiger partial charge is 0.494 e. The smallest absolute Gasteiger partial charge is 0.119 e. The Balaban J connectivity index is 1.27. The first kappa shape index (κ1) is 26.9. The lowest BCUT2D eigenvalue weighted by molar-refractivity contribution is 0.219. The molecule has 0 bridgehead atoms. The molecule has 0 amide bonds. The van der Waals surface area contributed by atoms with Gasteiger partial charge in [-0.1, -0.05) is 102 Å².